The van der Waals surface area contributed by atoms with E-state index in [0.29, 0.717) is 25.5 Å². The van der Waals surface area contributed by atoms with Crippen molar-refractivity contribution in [3.63, 3.8) is 0 Å². The summed E-state index contributed by atoms with van der Waals surface area (Å²) in [7, 11) is 0. The number of aryl methyl sites for hydroxylation is 2. The standard InChI is InChI=1S/C21H26FN7O2/c1-13-17(14(2)29-21(25-13)26-20(23)27-29)11-19(30)24-12-18(28-7-9-31-10-8-28)15-3-5-16(22)6-4-15/h3-6,18H,7-12H2,1-2H3,(H2,23,27)(H,24,30)/t18-/m1/s1. The molecule has 2 aromatic heterocycles. The number of anilines is 1. The average molecular weight is 427 g/mol. The third-order valence-corrected chi connectivity index (χ3v) is 5.64. The molecule has 1 atom stereocenters. The smallest absolute Gasteiger partial charge is 0.254 e. The van der Waals surface area contributed by atoms with Gasteiger partial charge in [0.15, 0.2) is 0 Å². The van der Waals surface area contributed by atoms with Gasteiger partial charge in [-0.15, -0.1) is 5.10 Å². The Kier molecular flexibility index (Phi) is 6.10. The molecule has 0 unspecified atom stereocenters. The van der Waals surface area contributed by atoms with E-state index in [0.717, 1.165) is 35.6 Å². The molecule has 1 fully saturated rings. The second-order valence-corrected chi connectivity index (χ2v) is 7.64. The number of amides is 1. The zero-order valence-corrected chi connectivity index (χ0v) is 17.6. The number of aromatic nitrogens is 4. The lowest BCUT2D eigenvalue weighted by Crippen LogP contribution is -2.44. The van der Waals surface area contributed by atoms with Gasteiger partial charge in [0.05, 0.1) is 25.7 Å². The summed E-state index contributed by atoms with van der Waals surface area (Å²) in [6.07, 6.45) is 0.166. The summed E-state index contributed by atoms with van der Waals surface area (Å²) >= 11 is 0. The van der Waals surface area contributed by atoms with Crippen molar-refractivity contribution in [2.75, 3.05) is 38.6 Å². The lowest BCUT2D eigenvalue weighted by molar-refractivity contribution is -0.120. The molecule has 1 aliphatic rings. The van der Waals surface area contributed by atoms with Crippen LogP contribution in [0.5, 0.6) is 0 Å². The molecule has 1 aromatic carbocycles. The topological polar surface area (TPSA) is 111 Å². The van der Waals surface area contributed by atoms with E-state index in [1.54, 1.807) is 16.6 Å². The highest BCUT2D eigenvalue weighted by atomic mass is 19.1. The minimum absolute atomic E-state index is 0.0636. The largest absolute Gasteiger partial charge is 0.379 e. The summed E-state index contributed by atoms with van der Waals surface area (Å²) in [5.74, 6) is 0.154. The molecule has 0 bridgehead atoms. The van der Waals surface area contributed by atoms with Crippen molar-refractivity contribution in [1.29, 1.82) is 0 Å². The first-order chi connectivity index (χ1) is 14.9. The molecule has 3 N–H and O–H groups in total. The number of nitrogens with two attached hydrogens (primary N) is 1. The number of nitrogens with one attached hydrogen (secondary N) is 1. The highest BCUT2D eigenvalue weighted by Gasteiger charge is 2.24. The van der Waals surface area contributed by atoms with Gasteiger partial charge in [0.25, 0.3) is 5.78 Å². The number of nitrogen functional groups attached to an aromatic ring is 1. The van der Waals surface area contributed by atoms with Gasteiger partial charge in [-0.3, -0.25) is 9.69 Å². The summed E-state index contributed by atoms with van der Waals surface area (Å²) in [5, 5.41) is 7.18. The minimum atomic E-state index is -0.281. The maximum Gasteiger partial charge on any atom is 0.254 e. The van der Waals surface area contributed by atoms with Crippen LogP contribution in [0.4, 0.5) is 10.3 Å². The van der Waals surface area contributed by atoms with Gasteiger partial charge < -0.3 is 15.8 Å². The molecule has 0 radical (unpaired) electrons. The van der Waals surface area contributed by atoms with E-state index in [2.05, 4.69) is 25.3 Å². The van der Waals surface area contributed by atoms with Crippen LogP contribution in [0.3, 0.4) is 0 Å². The molecule has 4 rings (SSSR count). The maximum absolute atomic E-state index is 13.4. The number of hydrogen-bond acceptors (Lipinski definition) is 7. The molecule has 164 valence electrons. The molecule has 1 amide bonds. The summed E-state index contributed by atoms with van der Waals surface area (Å²) in [6, 6.07) is 6.36. The van der Waals surface area contributed by atoms with E-state index in [4.69, 9.17) is 10.5 Å². The maximum atomic E-state index is 13.4. The number of nitrogens with zero attached hydrogens (tertiary/aromatic N) is 5. The van der Waals surface area contributed by atoms with Crippen LogP contribution >= 0.6 is 0 Å². The van der Waals surface area contributed by atoms with Crippen LogP contribution in [0.1, 0.15) is 28.6 Å². The van der Waals surface area contributed by atoms with Crippen molar-refractivity contribution in [2.24, 2.45) is 0 Å². The van der Waals surface area contributed by atoms with E-state index in [9.17, 15) is 9.18 Å². The molecule has 1 aliphatic heterocycles. The average Bonchev–Trinajstić information content (AvgIpc) is 3.13. The number of ether oxygens (including phenoxy) is 1. The number of carbonyl (C=O) groups is 1. The van der Waals surface area contributed by atoms with Gasteiger partial charge in [0, 0.05) is 36.6 Å². The normalized spacial score (nSPS) is 15.8. The summed E-state index contributed by atoms with van der Waals surface area (Å²) in [6.45, 7) is 6.90. The van der Waals surface area contributed by atoms with Crippen LogP contribution in [0.15, 0.2) is 24.3 Å². The van der Waals surface area contributed by atoms with Crippen molar-refractivity contribution >= 4 is 17.6 Å². The van der Waals surface area contributed by atoms with Crippen molar-refractivity contribution < 1.29 is 13.9 Å². The van der Waals surface area contributed by atoms with Crippen LogP contribution in [0.25, 0.3) is 5.78 Å². The van der Waals surface area contributed by atoms with Crippen LogP contribution < -0.4 is 11.1 Å². The SMILES string of the molecule is Cc1nc2nc(N)nn2c(C)c1CC(=O)NC[C@H](c1ccc(F)cc1)N1CCOCC1. The van der Waals surface area contributed by atoms with Gasteiger partial charge in [0.1, 0.15) is 5.82 Å². The number of halogens is 1. The Morgan fingerprint density at radius 2 is 1.94 bits per heavy atom. The molecule has 0 spiro atoms. The van der Waals surface area contributed by atoms with E-state index in [1.165, 1.54) is 12.1 Å². The second kappa shape index (κ2) is 8.94. The molecular weight excluding hydrogens is 401 g/mol. The highest BCUT2D eigenvalue weighted by Crippen LogP contribution is 2.22. The third-order valence-electron chi connectivity index (χ3n) is 5.64. The van der Waals surface area contributed by atoms with Crippen LogP contribution in [0, 0.1) is 19.7 Å². The molecule has 0 aliphatic carbocycles. The highest BCUT2D eigenvalue weighted by molar-refractivity contribution is 5.79. The number of carbonyl (C=O) groups excluding carboxylic acids is 1. The lowest BCUT2D eigenvalue weighted by Gasteiger charge is -2.35. The lowest BCUT2D eigenvalue weighted by atomic mass is 10.0. The Balaban J connectivity index is 1.49. The van der Waals surface area contributed by atoms with Gasteiger partial charge in [-0.2, -0.15) is 9.50 Å². The fraction of sp³-hybridized carbons (Fsp3) is 0.429. The summed E-state index contributed by atoms with van der Waals surface area (Å²) in [4.78, 5) is 23.6. The monoisotopic (exact) mass is 427 g/mol. The first kappa shape index (κ1) is 21.1. The number of morpholine rings is 1. The minimum Gasteiger partial charge on any atom is -0.379 e. The van der Waals surface area contributed by atoms with Crippen LogP contribution in [-0.2, 0) is 16.0 Å². The van der Waals surface area contributed by atoms with Crippen molar-refractivity contribution in [1.82, 2.24) is 29.8 Å². The van der Waals surface area contributed by atoms with Crippen LogP contribution in [0.2, 0.25) is 0 Å². The predicted octanol–water partition coefficient (Wildman–Crippen LogP) is 1.19. The van der Waals surface area contributed by atoms with E-state index >= 15 is 0 Å². The molecule has 3 heterocycles. The van der Waals surface area contributed by atoms with Gasteiger partial charge in [-0.05, 0) is 31.5 Å². The van der Waals surface area contributed by atoms with Crippen LogP contribution in [-0.4, -0.2) is 63.2 Å². The third kappa shape index (κ3) is 4.64. The zero-order chi connectivity index (χ0) is 22.0. The molecule has 9 nitrogen and oxygen atoms in total. The molecule has 1 saturated heterocycles. The fourth-order valence-corrected chi connectivity index (χ4v) is 3.95. The van der Waals surface area contributed by atoms with Crippen molar-refractivity contribution in [2.45, 2.75) is 26.3 Å². The second-order valence-electron chi connectivity index (χ2n) is 7.64. The van der Waals surface area contributed by atoms with Gasteiger partial charge in [0.2, 0.25) is 11.9 Å². The fourth-order valence-electron chi connectivity index (χ4n) is 3.95. The molecule has 10 heteroatoms. The predicted molar refractivity (Wildman–Crippen MR) is 113 cm³/mol. The Morgan fingerprint density at radius 3 is 2.65 bits per heavy atom. The molecule has 31 heavy (non-hydrogen) atoms. The molecule has 0 saturated carbocycles. The van der Waals surface area contributed by atoms with E-state index < -0.39 is 0 Å². The Morgan fingerprint density at radius 1 is 1.23 bits per heavy atom. The molecule has 3 aromatic rings. The first-order valence-electron chi connectivity index (χ1n) is 10.2. The van der Waals surface area contributed by atoms with E-state index in [-0.39, 0.29) is 30.1 Å². The number of benzene rings is 1. The van der Waals surface area contributed by atoms with Gasteiger partial charge in [-0.1, -0.05) is 12.1 Å². The Labute approximate surface area is 179 Å². The van der Waals surface area contributed by atoms with Gasteiger partial charge in [-0.25, -0.2) is 9.37 Å². The van der Waals surface area contributed by atoms with Crippen molar-refractivity contribution in [3.8, 4) is 0 Å². The quantitative estimate of drug-likeness (QED) is 0.608. The first-order valence-corrected chi connectivity index (χ1v) is 10.2. The zero-order valence-electron chi connectivity index (χ0n) is 17.6. The van der Waals surface area contributed by atoms with Gasteiger partial charge >= 0.3 is 0 Å². The molecular formula is C21H26FN7O2. The summed E-state index contributed by atoms with van der Waals surface area (Å²) < 4.78 is 20.4. The summed E-state index contributed by atoms with van der Waals surface area (Å²) in [5.41, 5.74) is 8.93. The number of hydrogen-bond donors (Lipinski definition) is 2. The van der Waals surface area contributed by atoms with E-state index in [1.807, 2.05) is 13.8 Å². The Bertz CT molecular complexity index is 1080. The Hall–Kier alpha value is -3.11. The number of rotatable bonds is 6. The van der Waals surface area contributed by atoms with Crippen molar-refractivity contribution in [3.05, 3.63) is 52.6 Å². The number of fused-ring (bicyclic) bond motifs is 1.